The monoisotopic (exact) mass is 346 g/mol. The zero-order chi connectivity index (χ0) is 18.2. The first kappa shape index (κ1) is 17.6. The lowest BCUT2D eigenvalue weighted by atomic mass is 9.98. The van der Waals surface area contributed by atoms with Crippen molar-refractivity contribution < 1.29 is 9.32 Å². The third kappa shape index (κ3) is 3.30. The highest BCUT2D eigenvalue weighted by molar-refractivity contribution is 5.74. The van der Waals surface area contributed by atoms with E-state index >= 15 is 0 Å². The number of nitrogens with one attached hydrogen (secondary N) is 1. The molecule has 1 amide bonds. The predicted octanol–water partition coefficient (Wildman–Crippen LogP) is 1.45. The van der Waals surface area contributed by atoms with Crippen molar-refractivity contribution in [3.8, 4) is 0 Å². The Morgan fingerprint density at radius 1 is 1.36 bits per heavy atom. The van der Waals surface area contributed by atoms with Crippen molar-refractivity contribution in [1.82, 2.24) is 30.1 Å². The standard InChI is InChI=1S/C17H26N6O2/c1-6-23-12(3)15(11(2)20-23)9-22-8-7-17(10-22,19-14(5)24)16-18-13(4)21-25-16/h6-10H2,1-5H3,(H,19,24). The lowest BCUT2D eigenvalue weighted by Gasteiger charge is -2.26. The van der Waals surface area contributed by atoms with Crippen LogP contribution in [0.4, 0.5) is 0 Å². The lowest BCUT2D eigenvalue weighted by Crippen LogP contribution is -2.47. The van der Waals surface area contributed by atoms with Crippen LogP contribution in [0.25, 0.3) is 0 Å². The lowest BCUT2D eigenvalue weighted by molar-refractivity contribution is -0.121. The van der Waals surface area contributed by atoms with Gasteiger partial charge in [0.05, 0.1) is 5.69 Å². The molecular weight excluding hydrogens is 320 g/mol. The molecule has 2 aromatic rings. The summed E-state index contributed by atoms with van der Waals surface area (Å²) in [5, 5.41) is 11.5. The van der Waals surface area contributed by atoms with Gasteiger partial charge in [0.2, 0.25) is 5.91 Å². The third-order valence-electron chi connectivity index (χ3n) is 4.91. The van der Waals surface area contributed by atoms with Crippen LogP contribution in [0.3, 0.4) is 0 Å². The second-order valence-corrected chi connectivity index (χ2v) is 6.84. The fraction of sp³-hybridized carbons (Fsp3) is 0.647. The van der Waals surface area contributed by atoms with Crippen molar-refractivity contribution >= 4 is 5.91 Å². The first-order valence-corrected chi connectivity index (χ1v) is 8.69. The maximum Gasteiger partial charge on any atom is 0.253 e. The van der Waals surface area contributed by atoms with Gasteiger partial charge in [-0.1, -0.05) is 5.16 Å². The van der Waals surface area contributed by atoms with E-state index in [0.717, 1.165) is 31.7 Å². The van der Waals surface area contributed by atoms with Crippen LogP contribution in [0.5, 0.6) is 0 Å². The van der Waals surface area contributed by atoms with Gasteiger partial charge >= 0.3 is 0 Å². The zero-order valence-electron chi connectivity index (χ0n) is 15.6. The van der Waals surface area contributed by atoms with Crippen LogP contribution >= 0.6 is 0 Å². The van der Waals surface area contributed by atoms with Gasteiger partial charge in [-0.25, -0.2) is 0 Å². The number of nitrogens with zero attached hydrogens (tertiary/aromatic N) is 5. The Bertz CT molecular complexity index is 780. The SMILES string of the molecule is CCn1nc(C)c(CN2CCC(NC(C)=O)(c3nc(C)no3)C2)c1C. The summed E-state index contributed by atoms with van der Waals surface area (Å²) in [6, 6.07) is 0. The number of aromatic nitrogens is 4. The maximum atomic E-state index is 11.8. The average Bonchev–Trinajstić information content (AvgIpc) is 3.22. The van der Waals surface area contributed by atoms with Gasteiger partial charge in [-0.3, -0.25) is 14.4 Å². The van der Waals surface area contributed by atoms with E-state index in [2.05, 4.69) is 39.3 Å². The van der Waals surface area contributed by atoms with Crippen molar-refractivity contribution in [2.45, 2.75) is 59.7 Å². The molecule has 0 radical (unpaired) electrons. The number of likely N-dealkylation sites (tertiary alicyclic amines) is 1. The fourth-order valence-corrected chi connectivity index (χ4v) is 3.68. The molecule has 25 heavy (non-hydrogen) atoms. The topological polar surface area (TPSA) is 89.1 Å². The molecule has 8 heteroatoms. The van der Waals surface area contributed by atoms with E-state index < -0.39 is 5.54 Å². The normalized spacial score (nSPS) is 21.0. The van der Waals surface area contributed by atoms with E-state index in [0.29, 0.717) is 18.3 Å². The molecular formula is C17H26N6O2. The molecule has 0 aromatic carbocycles. The summed E-state index contributed by atoms with van der Waals surface area (Å²) in [5.74, 6) is 0.971. The molecule has 1 unspecified atom stereocenters. The minimum absolute atomic E-state index is 0.0936. The van der Waals surface area contributed by atoms with Gasteiger partial charge in [-0.05, 0) is 34.1 Å². The summed E-state index contributed by atoms with van der Waals surface area (Å²) in [5.41, 5.74) is 2.90. The third-order valence-corrected chi connectivity index (χ3v) is 4.91. The number of rotatable bonds is 5. The summed E-state index contributed by atoms with van der Waals surface area (Å²) >= 11 is 0. The molecule has 1 aliphatic rings. The number of aryl methyl sites for hydroxylation is 3. The van der Waals surface area contributed by atoms with Gasteiger partial charge in [0.15, 0.2) is 5.82 Å². The fourth-order valence-electron chi connectivity index (χ4n) is 3.68. The Balaban J connectivity index is 1.83. The molecule has 3 heterocycles. The number of hydrogen-bond acceptors (Lipinski definition) is 6. The highest BCUT2D eigenvalue weighted by atomic mass is 16.5. The Labute approximate surface area is 147 Å². The van der Waals surface area contributed by atoms with Gasteiger partial charge in [-0.15, -0.1) is 0 Å². The van der Waals surface area contributed by atoms with Crippen LogP contribution in [0.1, 0.15) is 48.9 Å². The van der Waals surface area contributed by atoms with Crippen molar-refractivity contribution in [2.75, 3.05) is 13.1 Å². The Kier molecular flexibility index (Phi) is 4.64. The summed E-state index contributed by atoms with van der Waals surface area (Å²) < 4.78 is 7.43. The summed E-state index contributed by atoms with van der Waals surface area (Å²) in [6.07, 6.45) is 0.744. The smallest absolute Gasteiger partial charge is 0.253 e. The number of carbonyl (C=O) groups excluding carboxylic acids is 1. The van der Waals surface area contributed by atoms with E-state index in [4.69, 9.17) is 4.52 Å². The molecule has 8 nitrogen and oxygen atoms in total. The second-order valence-electron chi connectivity index (χ2n) is 6.84. The van der Waals surface area contributed by atoms with Crippen molar-refractivity contribution in [3.05, 3.63) is 28.7 Å². The molecule has 0 bridgehead atoms. The van der Waals surface area contributed by atoms with Crippen molar-refractivity contribution in [2.24, 2.45) is 0 Å². The molecule has 1 saturated heterocycles. The second kappa shape index (κ2) is 6.59. The zero-order valence-corrected chi connectivity index (χ0v) is 15.6. The Morgan fingerprint density at radius 3 is 2.68 bits per heavy atom. The van der Waals surface area contributed by atoms with Crippen LogP contribution in [0, 0.1) is 20.8 Å². The van der Waals surface area contributed by atoms with E-state index in [9.17, 15) is 4.79 Å². The first-order valence-electron chi connectivity index (χ1n) is 8.69. The Morgan fingerprint density at radius 2 is 2.12 bits per heavy atom. The molecule has 0 saturated carbocycles. The summed E-state index contributed by atoms with van der Waals surface area (Å²) in [7, 11) is 0. The molecule has 0 aliphatic carbocycles. The molecule has 136 valence electrons. The molecule has 2 aromatic heterocycles. The average molecular weight is 346 g/mol. The molecule has 1 atom stereocenters. The van der Waals surface area contributed by atoms with Crippen LogP contribution in [-0.4, -0.2) is 43.8 Å². The van der Waals surface area contributed by atoms with E-state index in [1.54, 1.807) is 6.92 Å². The summed E-state index contributed by atoms with van der Waals surface area (Å²) in [6.45, 7) is 12.7. The molecule has 3 rings (SSSR count). The molecule has 1 N–H and O–H groups in total. The quantitative estimate of drug-likeness (QED) is 0.881. The van der Waals surface area contributed by atoms with Crippen molar-refractivity contribution in [1.29, 1.82) is 0 Å². The van der Waals surface area contributed by atoms with Crippen molar-refractivity contribution in [3.63, 3.8) is 0 Å². The minimum Gasteiger partial charge on any atom is -0.341 e. The minimum atomic E-state index is -0.615. The van der Waals surface area contributed by atoms with E-state index in [1.165, 1.54) is 18.2 Å². The molecule has 1 aliphatic heterocycles. The summed E-state index contributed by atoms with van der Waals surface area (Å²) in [4.78, 5) is 18.5. The maximum absolute atomic E-state index is 11.8. The first-order chi connectivity index (χ1) is 11.8. The van der Waals surface area contributed by atoms with Crippen LogP contribution < -0.4 is 5.32 Å². The number of amides is 1. The van der Waals surface area contributed by atoms with E-state index in [-0.39, 0.29) is 5.91 Å². The van der Waals surface area contributed by atoms with Crippen LogP contribution in [-0.2, 0) is 23.4 Å². The molecule has 0 spiro atoms. The van der Waals surface area contributed by atoms with Crippen LogP contribution in [0.2, 0.25) is 0 Å². The Hall–Kier alpha value is -2.22. The van der Waals surface area contributed by atoms with Crippen LogP contribution in [0.15, 0.2) is 4.52 Å². The van der Waals surface area contributed by atoms with Gasteiger partial charge < -0.3 is 9.84 Å². The van der Waals surface area contributed by atoms with Gasteiger partial charge in [0.25, 0.3) is 5.89 Å². The molecule has 1 fully saturated rings. The van der Waals surface area contributed by atoms with Gasteiger partial charge in [0, 0.05) is 44.4 Å². The number of carbonyl (C=O) groups is 1. The predicted molar refractivity (Wildman–Crippen MR) is 91.8 cm³/mol. The highest BCUT2D eigenvalue weighted by Crippen LogP contribution is 2.32. The number of hydrogen-bond donors (Lipinski definition) is 1. The highest BCUT2D eigenvalue weighted by Gasteiger charge is 2.45. The van der Waals surface area contributed by atoms with E-state index in [1.807, 2.05) is 11.6 Å². The van der Waals surface area contributed by atoms with Gasteiger partial charge in [-0.2, -0.15) is 10.1 Å². The largest absolute Gasteiger partial charge is 0.341 e. The van der Waals surface area contributed by atoms with Gasteiger partial charge in [0.1, 0.15) is 5.54 Å².